The highest BCUT2D eigenvalue weighted by molar-refractivity contribution is 6.04. The predicted octanol–water partition coefficient (Wildman–Crippen LogP) is 3.02. The molecule has 0 heterocycles. The summed E-state index contributed by atoms with van der Waals surface area (Å²) in [5, 5.41) is 5.42. The second kappa shape index (κ2) is 9.46. The van der Waals surface area contributed by atoms with Crippen LogP contribution in [-0.4, -0.2) is 32.1 Å². The minimum absolute atomic E-state index is 0.0559. The Labute approximate surface area is 153 Å². The van der Waals surface area contributed by atoms with Crippen LogP contribution in [0.15, 0.2) is 42.5 Å². The van der Waals surface area contributed by atoms with E-state index in [0.717, 1.165) is 5.56 Å². The summed E-state index contributed by atoms with van der Waals surface area (Å²) in [4.78, 5) is 23.9. The lowest BCUT2D eigenvalue weighted by atomic mass is 10.1. The first kappa shape index (κ1) is 19.3. The highest BCUT2D eigenvalue weighted by atomic mass is 16.5. The van der Waals surface area contributed by atoms with Crippen LogP contribution in [-0.2, 0) is 11.2 Å². The molecule has 26 heavy (non-hydrogen) atoms. The number of hydrogen-bond donors (Lipinski definition) is 2. The maximum absolute atomic E-state index is 12.5. The normalized spacial score (nSPS) is 10.1. The molecule has 2 aromatic rings. The number of anilines is 1. The third-order valence-electron chi connectivity index (χ3n) is 3.66. The van der Waals surface area contributed by atoms with E-state index in [1.54, 1.807) is 37.4 Å². The fraction of sp³-hybridized carbons (Fsp3) is 0.300. The zero-order valence-corrected chi connectivity index (χ0v) is 15.3. The second-order valence-corrected chi connectivity index (χ2v) is 5.53. The van der Waals surface area contributed by atoms with Crippen molar-refractivity contribution in [2.75, 3.05) is 25.6 Å². The van der Waals surface area contributed by atoms with Gasteiger partial charge in [0.05, 0.1) is 19.6 Å². The van der Waals surface area contributed by atoms with Gasteiger partial charge in [0.1, 0.15) is 0 Å². The summed E-state index contributed by atoms with van der Waals surface area (Å²) in [6, 6.07) is 12.3. The van der Waals surface area contributed by atoms with Crippen LogP contribution in [0.25, 0.3) is 0 Å². The van der Waals surface area contributed by atoms with Crippen LogP contribution < -0.4 is 20.1 Å². The minimum Gasteiger partial charge on any atom is -0.490 e. The molecule has 2 amide bonds. The van der Waals surface area contributed by atoms with Crippen molar-refractivity contribution < 1.29 is 19.1 Å². The summed E-state index contributed by atoms with van der Waals surface area (Å²) in [6.07, 6.45) is 0.307. The molecule has 0 fully saturated rings. The SMILES string of the molecule is CCOc1ccc(C(=O)Nc2ccc(CC(=O)NC)cc2)cc1OCC. The molecule has 0 aliphatic rings. The van der Waals surface area contributed by atoms with Crippen LogP contribution in [0, 0.1) is 0 Å². The van der Waals surface area contributed by atoms with Gasteiger partial charge in [-0.15, -0.1) is 0 Å². The fourth-order valence-electron chi connectivity index (χ4n) is 2.38. The molecule has 2 aromatic carbocycles. The molecule has 0 aliphatic heterocycles. The Morgan fingerprint density at radius 2 is 1.58 bits per heavy atom. The largest absolute Gasteiger partial charge is 0.490 e. The maximum atomic E-state index is 12.5. The van der Waals surface area contributed by atoms with E-state index in [-0.39, 0.29) is 11.8 Å². The van der Waals surface area contributed by atoms with Crippen molar-refractivity contribution in [1.82, 2.24) is 5.32 Å². The van der Waals surface area contributed by atoms with Crippen LogP contribution in [0.1, 0.15) is 29.8 Å². The smallest absolute Gasteiger partial charge is 0.255 e. The molecule has 0 aromatic heterocycles. The third-order valence-corrected chi connectivity index (χ3v) is 3.66. The number of benzene rings is 2. The van der Waals surface area contributed by atoms with Crippen LogP contribution in [0.2, 0.25) is 0 Å². The van der Waals surface area contributed by atoms with Crippen LogP contribution in [0.4, 0.5) is 5.69 Å². The van der Waals surface area contributed by atoms with Gasteiger partial charge < -0.3 is 20.1 Å². The number of likely N-dealkylation sites (N-methyl/N-ethyl adjacent to an activating group) is 1. The van der Waals surface area contributed by atoms with Gasteiger partial charge in [-0.3, -0.25) is 9.59 Å². The summed E-state index contributed by atoms with van der Waals surface area (Å²) in [5.74, 6) is 0.861. The number of amides is 2. The molecule has 6 nitrogen and oxygen atoms in total. The van der Waals surface area contributed by atoms with Gasteiger partial charge in [-0.2, -0.15) is 0 Å². The van der Waals surface area contributed by atoms with Crippen LogP contribution in [0.5, 0.6) is 11.5 Å². The van der Waals surface area contributed by atoms with Gasteiger partial charge in [-0.1, -0.05) is 12.1 Å². The Bertz CT molecular complexity index is 757. The molecule has 0 bridgehead atoms. The summed E-state index contributed by atoms with van der Waals surface area (Å²) in [5.41, 5.74) is 2.01. The Hall–Kier alpha value is -3.02. The fourth-order valence-corrected chi connectivity index (χ4v) is 2.38. The summed E-state index contributed by atoms with van der Waals surface area (Å²) in [7, 11) is 1.60. The standard InChI is InChI=1S/C20H24N2O4/c1-4-25-17-11-8-15(13-18(17)26-5-2)20(24)22-16-9-6-14(7-10-16)12-19(23)21-3/h6-11,13H,4-5,12H2,1-3H3,(H,21,23)(H,22,24). The molecule has 138 valence electrons. The first-order valence-electron chi connectivity index (χ1n) is 8.57. The molecular formula is C20H24N2O4. The summed E-state index contributed by atoms with van der Waals surface area (Å²) in [6.45, 7) is 4.78. The number of nitrogens with one attached hydrogen (secondary N) is 2. The lowest BCUT2D eigenvalue weighted by Gasteiger charge is -2.12. The number of rotatable bonds is 8. The lowest BCUT2D eigenvalue weighted by Crippen LogP contribution is -2.19. The Morgan fingerprint density at radius 3 is 2.19 bits per heavy atom. The van der Waals surface area contributed by atoms with E-state index < -0.39 is 0 Å². The molecular weight excluding hydrogens is 332 g/mol. The van der Waals surface area contributed by atoms with E-state index in [4.69, 9.17) is 9.47 Å². The van der Waals surface area contributed by atoms with Gasteiger partial charge in [0.2, 0.25) is 5.91 Å². The van der Waals surface area contributed by atoms with Crippen molar-refractivity contribution in [2.24, 2.45) is 0 Å². The Balaban J connectivity index is 2.09. The van der Waals surface area contributed by atoms with Crippen molar-refractivity contribution in [3.63, 3.8) is 0 Å². The monoisotopic (exact) mass is 356 g/mol. The zero-order valence-electron chi connectivity index (χ0n) is 15.3. The third kappa shape index (κ3) is 5.24. The van der Waals surface area contributed by atoms with Gasteiger partial charge in [-0.05, 0) is 49.7 Å². The Morgan fingerprint density at radius 1 is 0.923 bits per heavy atom. The maximum Gasteiger partial charge on any atom is 0.255 e. The van der Waals surface area contributed by atoms with Crippen molar-refractivity contribution in [3.8, 4) is 11.5 Å². The highest BCUT2D eigenvalue weighted by Gasteiger charge is 2.12. The average molecular weight is 356 g/mol. The quantitative estimate of drug-likeness (QED) is 0.762. The second-order valence-electron chi connectivity index (χ2n) is 5.53. The molecule has 0 aliphatic carbocycles. The van der Waals surface area contributed by atoms with Gasteiger partial charge in [-0.25, -0.2) is 0 Å². The van der Waals surface area contributed by atoms with Gasteiger partial charge in [0, 0.05) is 18.3 Å². The molecule has 0 saturated carbocycles. The topological polar surface area (TPSA) is 76.7 Å². The Kier molecular flexibility index (Phi) is 7.02. The predicted molar refractivity (Wildman–Crippen MR) is 101 cm³/mol. The number of hydrogen-bond acceptors (Lipinski definition) is 4. The van der Waals surface area contributed by atoms with Crippen molar-refractivity contribution in [2.45, 2.75) is 20.3 Å². The molecule has 2 rings (SSSR count). The van der Waals surface area contributed by atoms with Gasteiger partial charge >= 0.3 is 0 Å². The lowest BCUT2D eigenvalue weighted by molar-refractivity contribution is -0.119. The van der Waals surface area contributed by atoms with Crippen LogP contribution >= 0.6 is 0 Å². The number of carbonyl (C=O) groups excluding carboxylic acids is 2. The van der Waals surface area contributed by atoms with Crippen molar-refractivity contribution in [3.05, 3.63) is 53.6 Å². The number of carbonyl (C=O) groups is 2. The van der Waals surface area contributed by atoms with E-state index in [1.165, 1.54) is 0 Å². The van der Waals surface area contributed by atoms with E-state index >= 15 is 0 Å². The van der Waals surface area contributed by atoms with Crippen LogP contribution in [0.3, 0.4) is 0 Å². The first-order chi connectivity index (χ1) is 12.6. The summed E-state index contributed by atoms with van der Waals surface area (Å²) >= 11 is 0. The average Bonchev–Trinajstić information content (AvgIpc) is 2.65. The minimum atomic E-state index is -0.243. The number of ether oxygens (including phenoxy) is 2. The van der Waals surface area contributed by atoms with E-state index in [9.17, 15) is 9.59 Å². The molecule has 0 spiro atoms. The molecule has 0 saturated heterocycles. The highest BCUT2D eigenvalue weighted by Crippen LogP contribution is 2.28. The molecule has 0 unspecified atom stereocenters. The molecule has 0 atom stereocenters. The van der Waals surface area contributed by atoms with E-state index in [1.807, 2.05) is 26.0 Å². The van der Waals surface area contributed by atoms with Gasteiger partial charge in [0.15, 0.2) is 11.5 Å². The molecule has 6 heteroatoms. The van der Waals surface area contributed by atoms with Gasteiger partial charge in [0.25, 0.3) is 5.91 Å². The molecule has 2 N–H and O–H groups in total. The van der Waals surface area contributed by atoms with Crippen molar-refractivity contribution >= 4 is 17.5 Å². The first-order valence-corrected chi connectivity index (χ1v) is 8.57. The van der Waals surface area contributed by atoms with E-state index in [2.05, 4.69) is 10.6 Å². The zero-order chi connectivity index (χ0) is 18.9. The summed E-state index contributed by atoms with van der Waals surface area (Å²) < 4.78 is 11.1. The van der Waals surface area contributed by atoms with E-state index in [0.29, 0.717) is 42.4 Å². The molecule has 0 radical (unpaired) electrons. The van der Waals surface area contributed by atoms with Crippen molar-refractivity contribution in [1.29, 1.82) is 0 Å².